The molecular formula is C15H29NO4S. The van der Waals surface area contributed by atoms with Crippen molar-refractivity contribution >= 4 is 10.0 Å². The smallest absolute Gasteiger partial charge is 0.209 e. The lowest BCUT2D eigenvalue weighted by Crippen LogP contribution is -2.42. The van der Waals surface area contributed by atoms with Gasteiger partial charge in [0.05, 0.1) is 30.7 Å². The van der Waals surface area contributed by atoms with Crippen LogP contribution >= 0.6 is 0 Å². The molecule has 1 aliphatic heterocycles. The van der Waals surface area contributed by atoms with Crippen LogP contribution in [0, 0.1) is 5.41 Å². The van der Waals surface area contributed by atoms with Gasteiger partial charge in [-0.2, -0.15) is 0 Å². The summed E-state index contributed by atoms with van der Waals surface area (Å²) in [4.78, 5) is 0. The second-order valence-corrected chi connectivity index (χ2v) is 8.64. The maximum absolute atomic E-state index is 11.6. The number of ether oxygens (including phenoxy) is 2. The van der Waals surface area contributed by atoms with Crippen molar-refractivity contribution in [3.05, 3.63) is 0 Å². The fraction of sp³-hybridized carbons (Fsp3) is 1.00. The van der Waals surface area contributed by atoms with Crippen LogP contribution in [-0.2, 0) is 19.5 Å². The van der Waals surface area contributed by atoms with Gasteiger partial charge >= 0.3 is 0 Å². The molecule has 0 aromatic rings. The van der Waals surface area contributed by atoms with E-state index in [0.717, 1.165) is 38.5 Å². The van der Waals surface area contributed by atoms with E-state index in [4.69, 9.17) is 14.6 Å². The van der Waals surface area contributed by atoms with Crippen LogP contribution in [0.1, 0.15) is 58.8 Å². The zero-order valence-electron chi connectivity index (χ0n) is 13.2. The zero-order chi connectivity index (χ0) is 15.5. The van der Waals surface area contributed by atoms with Gasteiger partial charge in [0.1, 0.15) is 0 Å². The second-order valence-electron chi connectivity index (χ2n) is 7.03. The highest BCUT2D eigenvalue weighted by Crippen LogP contribution is 2.38. The quantitative estimate of drug-likeness (QED) is 0.842. The highest BCUT2D eigenvalue weighted by Gasteiger charge is 2.37. The van der Waals surface area contributed by atoms with E-state index < -0.39 is 10.0 Å². The van der Waals surface area contributed by atoms with Crippen LogP contribution in [-0.4, -0.2) is 39.1 Å². The lowest BCUT2D eigenvalue weighted by Gasteiger charge is -2.39. The summed E-state index contributed by atoms with van der Waals surface area (Å²) in [5, 5.41) is 5.30. The molecule has 0 amide bonds. The Morgan fingerprint density at radius 3 is 2.24 bits per heavy atom. The van der Waals surface area contributed by atoms with Crippen LogP contribution < -0.4 is 5.14 Å². The highest BCUT2D eigenvalue weighted by atomic mass is 32.2. The van der Waals surface area contributed by atoms with Gasteiger partial charge in [-0.05, 0) is 39.5 Å². The Balaban J connectivity index is 1.95. The molecule has 1 saturated heterocycles. The van der Waals surface area contributed by atoms with E-state index in [2.05, 4.69) is 13.8 Å². The van der Waals surface area contributed by atoms with Crippen molar-refractivity contribution in [1.29, 1.82) is 0 Å². The van der Waals surface area contributed by atoms with Gasteiger partial charge in [0.15, 0.2) is 0 Å². The second kappa shape index (κ2) is 6.94. The van der Waals surface area contributed by atoms with Crippen molar-refractivity contribution in [3.8, 4) is 0 Å². The van der Waals surface area contributed by atoms with Crippen molar-refractivity contribution < 1.29 is 17.9 Å². The minimum absolute atomic E-state index is 0.0499. The van der Waals surface area contributed by atoms with Gasteiger partial charge in [0, 0.05) is 5.41 Å². The molecule has 1 heterocycles. The van der Waals surface area contributed by atoms with Crippen molar-refractivity contribution in [2.45, 2.75) is 77.1 Å². The number of rotatable bonds is 5. The predicted octanol–water partition coefficient (Wildman–Crippen LogP) is 2.20. The molecule has 2 aliphatic rings. The Hall–Kier alpha value is -0.170. The summed E-state index contributed by atoms with van der Waals surface area (Å²) in [7, 11) is -3.46. The summed E-state index contributed by atoms with van der Waals surface area (Å²) < 4.78 is 35.0. The maximum atomic E-state index is 11.6. The third-order valence-corrected chi connectivity index (χ3v) is 5.72. The first-order valence-corrected chi connectivity index (χ1v) is 9.77. The predicted molar refractivity (Wildman–Crippen MR) is 82.5 cm³/mol. The molecule has 2 rings (SSSR count). The van der Waals surface area contributed by atoms with E-state index in [0.29, 0.717) is 6.61 Å². The minimum Gasteiger partial charge on any atom is -0.377 e. The van der Waals surface area contributed by atoms with Gasteiger partial charge in [0.25, 0.3) is 0 Å². The molecule has 2 N–H and O–H groups in total. The first-order valence-electron chi connectivity index (χ1n) is 8.06. The maximum Gasteiger partial charge on any atom is 0.209 e. The minimum atomic E-state index is -3.46. The average molecular weight is 319 g/mol. The lowest BCUT2D eigenvalue weighted by atomic mass is 9.76. The summed E-state index contributed by atoms with van der Waals surface area (Å²) in [6.07, 6.45) is 7.47. The van der Waals surface area contributed by atoms with E-state index in [1.165, 1.54) is 6.42 Å². The molecule has 0 bridgehead atoms. The third-order valence-electron chi connectivity index (χ3n) is 4.70. The van der Waals surface area contributed by atoms with Gasteiger partial charge in [-0.25, -0.2) is 13.6 Å². The largest absolute Gasteiger partial charge is 0.377 e. The standard InChI is InChI=1S/C15H29NO4S/c1-12-8-14(9-13(2)20-12)19-10-15(11-21(16,17)18)6-4-3-5-7-15/h12-14H,3-11H2,1-2H3,(H2,16,17,18). The van der Waals surface area contributed by atoms with Crippen LogP contribution in [0.2, 0.25) is 0 Å². The van der Waals surface area contributed by atoms with Crippen molar-refractivity contribution in [1.82, 2.24) is 0 Å². The first kappa shape index (κ1) is 17.2. The molecule has 2 unspecified atom stereocenters. The highest BCUT2D eigenvalue weighted by molar-refractivity contribution is 7.89. The van der Waals surface area contributed by atoms with Crippen molar-refractivity contribution in [2.24, 2.45) is 10.6 Å². The molecule has 6 heteroatoms. The Labute approximate surface area is 128 Å². The van der Waals surface area contributed by atoms with Crippen molar-refractivity contribution in [2.75, 3.05) is 12.4 Å². The zero-order valence-corrected chi connectivity index (χ0v) is 14.0. The van der Waals surface area contributed by atoms with Gasteiger partial charge in [-0.3, -0.25) is 0 Å². The number of nitrogens with two attached hydrogens (primary N) is 1. The molecule has 21 heavy (non-hydrogen) atoms. The molecule has 0 radical (unpaired) electrons. The molecule has 0 spiro atoms. The Bertz CT molecular complexity index is 421. The first-order chi connectivity index (χ1) is 9.78. The summed E-state index contributed by atoms with van der Waals surface area (Å²) in [6, 6.07) is 0. The Morgan fingerprint density at radius 2 is 1.71 bits per heavy atom. The van der Waals surface area contributed by atoms with Crippen LogP contribution in [0.5, 0.6) is 0 Å². The Morgan fingerprint density at radius 1 is 1.14 bits per heavy atom. The van der Waals surface area contributed by atoms with Gasteiger partial charge in [-0.15, -0.1) is 0 Å². The summed E-state index contributed by atoms with van der Waals surface area (Å²) >= 11 is 0. The molecule has 0 aromatic heterocycles. The molecule has 5 nitrogen and oxygen atoms in total. The fourth-order valence-corrected chi connectivity index (χ4v) is 5.06. The van der Waals surface area contributed by atoms with Crippen LogP contribution in [0.15, 0.2) is 0 Å². The topological polar surface area (TPSA) is 78.6 Å². The molecule has 124 valence electrons. The normalized spacial score (nSPS) is 33.8. The van der Waals surface area contributed by atoms with Crippen LogP contribution in [0.25, 0.3) is 0 Å². The monoisotopic (exact) mass is 319 g/mol. The fourth-order valence-electron chi connectivity index (χ4n) is 3.83. The molecule has 2 fully saturated rings. The van der Waals surface area contributed by atoms with E-state index >= 15 is 0 Å². The van der Waals surface area contributed by atoms with Crippen molar-refractivity contribution in [3.63, 3.8) is 0 Å². The van der Waals surface area contributed by atoms with E-state index in [-0.39, 0.29) is 29.5 Å². The number of hydrogen-bond acceptors (Lipinski definition) is 4. The number of hydrogen-bond donors (Lipinski definition) is 1. The van der Waals surface area contributed by atoms with Gasteiger partial charge < -0.3 is 9.47 Å². The lowest BCUT2D eigenvalue weighted by molar-refractivity contribution is -0.117. The summed E-state index contributed by atoms with van der Waals surface area (Å²) in [5.41, 5.74) is -0.281. The van der Waals surface area contributed by atoms with Crippen LogP contribution in [0.3, 0.4) is 0 Å². The van der Waals surface area contributed by atoms with E-state index in [1.807, 2.05) is 0 Å². The van der Waals surface area contributed by atoms with Gasteiger partial charge in [0.2, 0.25) is 10.0 Å². The summed E-state index contributed by atoms with van der Waals surface area (Å²) in [5.74, 6) is 0.0499. The Kier molecular flexibility index (Phi) is 5.68. The van der Waals surface area contributed by atoms with Crippen LogP contribution in [0.4, 0.5) is 0 Å². The average Bonchev–Trinajstić information content (AvgIpc) is 2.34. The SMILES string of the molecule is CC1CC(OCC2(CS(N)(=O)=O)CCCCC2)CC(C)O1. The van der Waals surface area contributed by atoms with Gasteiger partial charge in [-0.1, -0.05) is 19.3 Å². The molecule has 1 aliphatic carbocycles. The number of primary sulfonamides is 1. The molecule has 0 aromatic carbocycles. The number of sulfonamides is 1. The molecule has 1 saturated carbocycles. The molecular weight excluding hydrogens is 290 g/mol. The van der Waals surface area contributed by atoms with E-state index in [9.17, 15) is 8.42 Å². The van der Waals surface area contributed by atoms with E-state index in [1.54, 1.807) is 0 Å². The third kappa shape index (κ3) is 5.51. The molecule has 2 atom stereocenters. The summed E-state index contributed by atoms with van der Waals surface area (Å²) in [6.45, 7) is 4.63.